The van der Waals surface area contributed by atoms with Crippen molar-refractivity contribution in [2.75, 3.05) is 25.1 Å². The predicted octanol–water partition coefficient (Wildman–Crippen LogP) is 4.21. The average Bonchev–Trinajstić information content (AvgIpc) is 3.11. The molecule has 182 valence electrons. The van der Waals surface area contributed by atoms with Crippen LogP contribution in [0.15, 0.2) is 34.0 Å². The van der Waals surface area contributed by atoms with Gasteiger partial charge in [0.15, 0.2) is 0 Å². The minimum Gasteiger partial charge on any atom is -0.497 e. The van der Waals surface area contributed by atoms with Crippen molar-refractivity contribution in [3.8, 4) is 11.8 Å². The lowest BCUT2D eigenvalue weighted by molar-refractivity contribution is -0.122. The van der Waals surface area contributed by atoms with Gasteiger partial charge in [0.25, 0.3) is 11.5 Å². The van der Waals surface area contributed by atoms with E-state index in [1.165, 1.54) is 11.8 Å². The quantitative estimate of drug-likeness (QED) is 0.442. The maximum atomic E-state index is 13.4. The van der Waals surface area contributed by atoms with Crippen molar-refractivity contribution in [3.63, 3.8) is 0 Å². The number of aromatic nitrogens is 1. The molecule has 0 saturated carbocycles. The molecule has 35 heavy (non-hydrogen) atoms. The van der Waals surface area contributed by atoms with Gasteiger partial charge in [0.1, 0.15) is 27.5 Å². The predicted molar refractivity (Wildman–Crippen MR) is 143 cm³/mol. The third-order valence-corrected chi connectivity index (χ3v) is 8.08. The molecular formula is C26H28N4O3S2. The molecule has 0 atom stereocenters. The number of carbonyl (C=O) groups excluding carboxylic acids is 1. The van der Waals surface area contributed by atoms with E-state index in [0.29, 0.717) is 27.3 Å². The third-order valence-electron chi connectivity index (χ3n) is 6.70. The molecule has 4 rings (SSSR count). The highest BCUT2D eigenvalue weighted by molar-refractivity contribution is 8.26. The van der Waals surface area contributed by atoms with Crippen molar-refractivity contribution >= 4 is 46.1 Å². The van der Waals surface area contributed by atoms with Gasteiger partial charge in [0.2, 0.25) is 0 Å². The van der Waals surface area contributed by atoms with Crippen LogP contribution in [-0.2, 0) is 18.4 Å². The van der Waals surface area contributed by atoms with Gasteiger partial charge < -0.3 is 9.64 Å². The van der Waals surface area contributed by atoms with Gasteiger partial charge in [-0.2, -0.15) is 5.26 Å². The lowest BCUT2D eigenvalue weighted by atomic mass is 9.97. The number of rotatable bonds is 5. The van der Waals surface area contributed by atoms with Crippen molar-refractivity contribution < 1.29 is 9.53 Å². The largest absolute Gasteiger partial charge is 0.497 e. The molecule has 0 N–H and O–H groups in total. The molecule has 1 aromatic heterocycles. The second-order valence-corrected chi connectivity index (χ2v) is 10.7. The van der Waals surface area contributed by atoms with Crippen LogP contribution in [0.3, 0.4) is 0 Å². The van der Waals surface area contributed by atoms with E-state index in [1.54, 1.807) is 36.6 Å². The molecular weight excluding hydrogens is 480 g/mol. The highest BCUT2D eigenvalue weighted by Crippen LogP contribution is 2.37. The van der Waals surface area contributed by atoms with Crippen molar-refractivity contribution in [1.82, 2.24) is 9.47 Å². The molecule has 2 aliphatic rings. The first-order valence-electron chi connectivity index (χ1n) is 11.5. The summed E-state index contributed by atoms with van der Waals surface area (Å²) in [6.07, 6.45) is 3.85. The Kier molecular flexibility index (Phi) is 7.33. The van der Waals surface area contributed by atoms with E-state index in [2.05, 4.69) is 17.9 Å². The molecule has 1 aromatic carbocycles. The summed E-state index contributed by atoms with van der Waals surface area (Å²) in [5.74, 6) is 1.94. The zero-order valence-corrected chi connectivity index (χ0v) is 22.0. The van der Waals surface area contributed by atoms with Crippen LogP contribution in [0.5, 0.6) is 5.75 Å². The Bertz CT molecular complexity index is 1300. The number of hydrogen-bond acceptors (Lipinski definition) is 7. The van der Waals surface area contributed by atoms with E-state index in [9.17, 15) is 14.9 Å². The Hall–Kier alpha value is -3.09. The van der Waals surface area contributed by atoms with Crippen molar-refractivity contribution in [3.05, 3.63) is 61.8 Å². The fourth-order valence-corrected chi connectivity index (χ4v) is 5.73. The maximum absolute atomic E-state index is 13.4. The summed E-state index contributed by atoms with van der Waals surface area (Å²) in [6.45, 7) is 6.01. The topological polar surface area (TPSA) is 78.6 Å². The second-order valence-electron chi connectivity index (χ2n) is 9.00. The molecule has 7 nitrogen and oxygen atoms in total. The molecule has 2 fully saturated rings. The number of anilines is 1. The first kappa shape index (κ1) is 25.0. The summed E-state index contributed by atoms with van der Waals surface area (Å²) in [6, 6.07) is 9.58. The SMILES string of the molecule is COc1ccc(CN2C(=O)/C(=C/c3c(C)c(C#N)c(=O)n(C)c3N3CCC(C)CC3)SC2=S)cc1. The molecule has 0 radical (unpaired) electrons. The Morgan fingerprint density at radius 3 is 2.49 bits per heavy atom. The summed E-state index contributed by atoms with van der Waals surface area (Å²) in [5, 5.41) is 9.67. The molecule has 0 spiro atoms. The normalized spacial score (nSPS) is 17.9. The van der Waals surface area contributed by atoms with Crippen molar-refractivity contribution in [1.29, 1.82) is 5.26 Å². The molecule has 2 saturated heterocycles. The van der Waals surface area contributed by atoms with Gasteiger partial charge >= 0.3 is 0 Å². The molecule has 0 unspecified atom stereocenters. The number of nitrogens with zero attached hydrogens (tertiary/aromatic N) is 4. The van der Waals surface area contributed by atoms with Gasteiger partial charge in [-0.15, -0.1) is 0 Å². The number of thiocarbonyl (C=S) groups is 1. The maximum Gasteiger partial charge on any atom is 0.270 e. The fourth-order valence-electron chi connectivity index (χ4n) is 4.50. The van der Waals surface area contributed by atoms with Crippen molar-refractivity contribution in [2.24, 2.45) is 13.0 Å². The Morgan fingerprint density at radius 2 is 1.89 bits per heavy atom. The third kappa shape index (κ3) is 4.86. The van der Waals surface area contributed by atoms with Crippen LogP contribution in [0, 0.1) is 24.2 Å². The monoisotopic (exact) mass is 508 g/mol. The van der Waals surface area contributed by atoms with Crippen LogP contribution in [0.2, 0.25) is 0 Å². The fraction of sp³-hybridized carbons (Fsp3) is 0.385. The molecule has 0 aliphatic carbocycles. The first-order valence-corrected chi connectivity index (χ1v) is 12.7. The minimum atomic E-state index is -0.317. The number of hydrogen-bond donors (Lipinski definition) is 0. The summed E-state index contributed by atoms with van der Waals surface area (Å²) < 4.78 is 7.24. The smallest absolute Gasteiger partial charge is 0.270 e. The zero-order valence-electron chi connectivity index (χ0n) is 20.3. The summed E-state index contributed by atoms with van der Waals surface area (Å²) in [4.78, 5) is 30.6. The number of benzene rings is 1. The number of piperidine rings is 1. The number of ether oxygens (including phenoxy) is 1. The van der Waals surface area contributed by atoms with Gasteiger partial charge in [-0.05, 0) is 55.0 Å². The van der Waals surface area contributed by atoms with Gasteiger partial charge in [0.05, 0.1) is 18.6 Å². The van der Waals surface area contributed by atoms with Crippen LogP contribution < -0.4 is 15.2 Å². The van der Waals surface area contributed by atoms with E-state index < -0.39 is 0 Å². The molecule has 9 heteroatoms. The molecule has 0 bridgehead atoms. The Labute approximate surface area is 215 Å². The number of pyridine rings is 1. The number of carbonyl (C=O) groups is 1. The number of thioether (sulfide) groups is 1. The van der Waals surface area contributed by atoms with E-state index in [0.717, 1.165) is 48.6 Å². The zero-order chi connectivity index (χ0) is 25.3. The van der Waals surface area contributed by atoms with E-state index in [4.69, 9.17) is 17.0 Å². The summed E-state index contributed by atoms with van der Waals surface area (Å²) in [7, 11) is 3.31. The van der Waals surface area contributed by atoms with Gasteiger partial charge in [0, 0.05) is 25.7 Å². The lowest BCUT2D eigenvalue weighted by Crippen LogP contribution is -2.38. The number of methoxy groups -OCH3 is 1. The summed E-state index contributed by atoms with van der Waals surface area (Å²) in [5.41, 5.74) is 2.04. The van der Waals surface area contributed by atoms with Gasteiger partial charge in [-0.1, -0.05) is 43.0 Å². The van der Waals surface area contributed by atoms with Crippen molar-refractivity contribution in [2.45, 2.75) is 33.2 Å². The van der Waals surface area contributed by atoms with Crippen LogP contribution in [-0.4, -0.2) is 39.9 Å². The van der Waals surface area contributed by atoms with Crippen LogP contribution in [0.4, 0.5) is 5.82 Å². The first-order chi connectivity index (χ1) is 16.7. The van der Waals surface area contributed by atoms with Gasteiger partial charge in [-0.3, -0.25) is 19.1 Å². The molecule has 1 amide bonds. The van der Waals surface area contributed by atoms with Crippen LogP contribution in [0.1, 0.15) is 42.0 Å². The average molecular weight is 509 g/mol. The van der Waals surface area contributed by atoms with E-state index in [1.807, 2.05) is 24.3 Å². The lowest BCUT2D eigenvalue weighted by Gasteiger charge is -2.34. The van der Waals surface area contributed by atoms with Crippen LogP contribution >= 0.6 is 24.0 Å². The summed E-state index contributed by atoms with van der Waals surface area (Å²) >= 11 is 6.79. The molecule has 3 heterocycles. The minimum absolute atomic E-state index is 0.0987. The highest BCUT2D eigenvalue weighted by Gasteiger charge is 2.33. The molecule has 2 aliphatic heterocycles. The van der Waals surface area contributed by atoms with Crippen LogP contribution in [0.25, 0.3) is 6.08 Å². The van der Waals surface area contributed by atoms with E-state index >= 15 is 0 Å². The standard InChI is InChI=1S/C26H28N4O3S2/c1-16-9-11-29(12-10-16)23-20(17(2)21(14-27)24(31)28(23)3)13-22-25(32)30(26(34)35-22)15-18-5-7-19(33-4)8-6-18/h5-8,13,16H,9-12,15H2,1-4H3/b22-13-. The Morgan fingerprint density at radius 1 is 1.23 bits per heavy atom. The second kappa shape index (κ2) is 10.3. The number of nitriles is 1. The highest BCUT2D eigenvalue weighted by atomic mass is 32.2. The molecule has 2 aromatic rings. The Balaban J connectivity index is 1.73. The van der Waals surface area contributed by atoms with Gasteiger partial charge in [-0.25, -0.2) is 0 Å². The number of amides is 1. The van der Waals surface area contributed by atoms with E-state index in [-0.39, 0.29) is 17.0 Å².